The zero-order chi connectivity index (χ0) is 19.8. The molecule has 0 fully saturated rings. The number of ketones is 1. The van der Waals surface area contributed by atoms with Crippen LogP contribution >= 0.6 is 11.3 Å². The minimum atomic E-state index is -4.49. The number of carbonyl (C=O) groups is 2. The van der Waals surface area contributed by atoms with Gasteiger partial charge < -0.3 is 5.32 Å². The van der Waals surface area contributed by atoms with E-state index in [4.69, 9.17) is 0 Å². The van der Waals surface area contributed by atoms with Crippen LogP contribution in [0.3, 0.4) is 0 Å². The number of aryl methyl sites for hydroxylation is 1. The lowest BCUT2D eigenvalue weighted by molar-refractivity contribution is -0.124. The molecule has 0 aliphatic rings. The van der Waals surface area contributed by atoms with Gasteiger partial charge in [0.1, 0.15) is 21.2 Å². The lowest BCUT2D eigenvalue weighted by Gasteiger charge is -2.09. The quantitative estimate of drug-likeness (QED) is 0.497. The van der Waals surface area contributed by atoms with Crippen molar-refractivity contribution in [2.45, 2.75) is 25.2 Å². The number of aromatic nitrogens is 1. The number of nitrogens with zero attached hydrogens (tertiary/aromatic N) is 1. The summed E-state index contributed by atoms with van der Waals surface area (Å²) in [5.41, 5.74) is 1.58. The van der Waals surface area contributed by atoms with Crippen LogP contribution in [0.4, 0.5) is 5.69 Å². The predicted octanol–water partition coefficient (Wildman–Crippen LogP) is 3.44. The molecule has 3 rings (SSSR count). The highest BCUT2D eigenvalue weighted by molar-refractivity contribution is 7.86. The van der Waals surface area contributed by atoms with E-state index >= 15 is 0 Å². The highest BCUT2D eigenvalue weighted by Gasteiger charge is 2.24. The minimum absolute atomic E-state index is 0.234. The molecule has 0 atom stereocenters. The van der Waals surface area contributed by atoms with Gasteiger partial charge in [0, 0.05) is 5.56 Å². The van der Waals surface area contributed by atoms with Crippen LogP contribution in [0.1, 0.15) is 18.9 Å². The van der Waals surface area contributed by atoms with Crippen LogP contribution in [0.5, 0.6) is 0 Å². The van der Waals surface area contributed by atoms with E-state index in [0.29, 0.717) is 10.7 Å². The summed E-state index contributed by atoms with van der Waals surface area (Å²) in [4.78, 5) is 27.4. The first-order valence-electron chi connectivity index (χ1n) is 7.93. The maximum absolute atomic E-state index is 12.0. The Bertz CT molecular complexity index is 1150. The van der Waals surface area contributed by atoms with Crippen LogP contribution in [0, 0.1) is 6.92 Å². The largest absolute Gasteiger partial charge is 0.324 e. The maximum Gasteiger partial charge on any atom is 0.296 e. The van der Waals surface area contributed by atoms with Crippen molar-refractivity contribution < 1.29 is 22.6 Å². The number of fused-ring (bicyclic) bond motifs is 1. The smallest absolute Gasteiger partial charge is 0.296 e. The van der Waals surface area contributed by atoms with Crippen molar-refractivity contribution in [1.29, 1.82) is 0 Å². The molecule has 27 heavy (non-hydrogen) atoms. The van der Waals surface area contributed by atoms with Crippen molar-refractivity contribution in [1.82, 2.24) is 4.98 Å². The number of rotatable bonds is 5. The number of carbonyl (C=O) groups excluding carboxylic acids is 2. The fraction of sp³-hybridized carbons (Fsp3) is 0.167. The molecule has 0 aliphatic heterocycles. The van der Waals surface area contributed by atoms with Gasteiger partial charge in [0.05, 0.1) is 16.8 Å². The third-order valence-electron chi connectivity index (χ3n) is 3.77. The van der Waals surface area contributed by atoms with E-state index in [1.54, 1.807) is 0 Å². The number of thiazole rings is 1. The number of hydrogen-bond acceptors (Lipinski definition) is 6. The van der Waals surface area contributed by atoms with Gasteiger partial charge in [0.15, 0.2) is 0 Å². The van der Waals surface area contributed by atoms with Crippen molar-refractivity contribution in [2.75, 3.05) is 5.32 Å². The molecule has 7 nitrogen and oxygen atoms in total. The number of anilines is 1. The van der Waals surface area contributed by atoms with Gasteiger partial charge in [-0.25, -0.2) is 4.98 Å². The van der Waals surface area contributed by atoms with E-state index in [9.17, 15) is 22.6 Å². The number of Topliss-reactive ketones (excluding diaryl/α,β-unsaturated/α-hetero) is 1. The van der Waals surface area contributed by atoms with Crippen LogP contribution in [-0.4, -0.2) is 29.6 Å². The van der Waals surface area contributed by atoms with Crippen molar-refractivity contribution in [3.8, 4) is 10.6 Å². The number of benzene rings is 2. The van der Waals surface area contributed by atoms with Crippen LogP contribution in [0.25, 0.3) is 20.8 Å². The molecule has 0 saturated heterocycles. The highest BCUT2D eigenvalue weighted by Crippen LogP contribution is 2.39. The fourth-order valence-corrected chi connectivity index (χ4v) is 5.05. The Kier molecular flexibility index (Phi) is 5.09. The summed E-state index contributed by atoms with van der Waals surface area (Å²) in [6.45, 7) is 2.82. The van der Waals surface area contributed by atoms with E-state index in [-0.39, 0.29) is 32.9 Å². The number of hydrogen-bond donors (Lipinski definition) is 2. The Morgan fingerprint density at radius 1 is 1.22 bits per heavy atom. The first kappa shape index (κ1) is 19.2. The number of nitrogens with one attached hydrogen (secondary N) is 1. The zero-order valence-electron chi connectivity index (χ0n) is 14.5. The van der Waals surface area contributed by atoms with Crippen LogP contribution in [-0.2, 0) is 19.7 Å². The van der Waals surface area contributed by atoms with Gasteiger partial charge in [-0.05, 0) is 25.5 Å². The molecule has 0 unspecified atom stereocenters. The van der Waals surface area contributed by atoms with E-state index in [0.717, 1.165) is 16.9 Å². The van der Waals surface area contributed by atoms with Gasteiger partial charge in [0.25, 0.3) is 10.1 Å². The monoisotopic (exact) mass is 404 g/mol. The van der Waals surface area contributed by atoms with Crippen molar-refractivity contribution in [3.63, 3.8) is 0 Å². The molecule has 9 heteroatoms. The van der Waals surface area contributed by atoms with Crippen molar-refractivity contribution in [3.05, 3.63) is 42.0 Å². The molecular formula is C18H16N2O5S2. The van der Waals surface area contributed by atoms with E-state index in [1.165, 1.54) is 19.9 Å². The van der Waals surface area contributed by atoms with Gasteiger partial charge in [-0.2, -0.15) is 8.42 Å². The third kappa shape index (κ3) is 4.05. The second-order valence-electron chi connectivity index (χ2n) is 6.03. The Labute approximate surface area is 159 Å². The summed E-state index contributed by atoms with van der Waals surface area (Å²) < 4.78 is 33.7. The topological polar surface area (TPSA) is 113 Å². The summed E-state index contributed by atoms with van der Waals surface area (Å²) in [6, 6.07) is 10.6. The Morgan fingerprint density at radius 3 is 2.48 bits per heavy atom. The van der Waals surface area contributed by atoms with Gasteiger partial charge >= 0.3 is 0 Å². The standard InChI is InChI=1S/C18H16N2O5S2/c1-10-8-13(19-14(22)9-11(2)21)15-16(17(10)27(23,24)25)26-18(20-15)12-6-4-3-5-7-12/h3-8H,9H2,1-2H3,(H,19,22)(H,23,24,25). The molecule has 2 N–H and O–H groups in total. The molecule has 0 saturated carbocycles. The first-order valence-corrected chi connectivity index (χ1v) is 10.2. The van der Waals surface area contributed by atoms with Gasteiger partial charge in [0.2, 0.25) is 5.91 Å². The summed E-state index contributed by atoms with van der Waals surface area (Å²) in [5.74, 6) is -0.810. The van der Waals surface area contributed by atoms with Gasteiger partial charge in [-0.1, -0.05) is 30.3 Å². The molecule has 0 aliphatic carbocycles. The fourth-order valence-electron chi connectivity index (χ4n) is 2.73. The molecule has 3 aromatic rings. The molecule has 0 bridgehead atoms. The van der Waals surface area contributed by atoms with Gasteiger partial charge in [-0.3, -0.25) is 14.1 Å². The molecule has 1 aromatic heterocycles. The minimum Gasteiger partial charge on any atom is -0.324 e. The lowest BCUT2D eigenvalue weighted by atomic mass is 10.2. The summed E-state index contributed by atoms with van der Waals surface area (Å²) in [5, 5.41) is 3.15. The Balaban J connectivity index is 2.24. The predicted molar refractivity (Wildman–Crippen MR) is 104 cm³/mol. The molecule has 0 radical (unpaired) electrons. The second-order valence-corrected chi connectivity index (χ2v) is 8.39. The maximum atomic E-state index is 12.0. The Hall–Kier alpha value is -2.62. The van der Waals surface area contributed by atoms with Crippen LogP contribution in [0.15, 0.2) is 41.3 Å². The first-order chi connectivity index (χ1) is 12.7. The molecule has 0 spiro atoms. The normalized spacial score (nSPS) is 11.5. The van der Waals surface area contributed by atoms with Crippen molar-refractivity contribution >= 4 is 49.0 Å². The van der Waals surface area contributed by atoms with Crippen LogP contribution < -0.4 is 5.32 Å². The zero-order valence-corrected chi connectivity index (χ0v) is 16.1. The molecule has 140 valence electrons. The third-order valence-corrected chi connectivity index (χ3v) is 6.06. The van der Waals surface area contributed by atoms with Gasteiger partial charge in [-0.15, -0.1) is 11.3 Å². The van der Waals surface area contributed by atoms with Crippen LogP contribution in [0.2, 0.25) is 0 Å². The highest BCUT2D eigenvalue weighted by atomic mass is 32.2. The summed E-state index contributed by atoms with van der Waals surface area (Å²) >= 11 is 1.10. The molecule has 1 amide bonds. The number of amides is 1. The second kappa shape index (κ2) is 7.18. The average Bonchev–Trinajstić information content (AvgIpc) is 2.98. The summed E-state index contributed by atoms with van der Waals surface area (Å²) in [6.07, 6.45) is -0.295. The summed E-state index contributed by atoms with van der Waals surface area (Å²) in [7, 11) is -4.49. The van der Waals surface area contributed by atoms with E-state index < -0.39 is 16.0 Å². The molecule has 2 aromatic carbocycles. The Morgan fingerprint density at radius 2 is 1.89 bits per heavy atom. The molecule has 1 heterocycles. The van der Waals surface area contributed by atoms with Crippen molar-refractivity contribution in [2.24, 2.45) is 0 Å². The molecular weight excluding hydrogens is 388 g/mol. The van der Waals surface area contributed by atoms with E-state index in [1.807, 2.05) is 30.3 Å². The average molecular weight is 404 g/mol. The lowest BCUT2D eigenvalue weighted by Crippen LogP contribution is -2.15. The SMILES string of the molecule is CC(=O)CC(=O)Nc1cc(C)c(S(=O)(=O)O)c2sc(-c3ccccc3)nc12. The van der Waals surface area contributed by atoms with E-state index in [2.05, 4.69) is 10.3 Å².